The molecule has 0 bridgehead atoms. The van der Waals surface area contributed by atoms with Crippen LogP contribution in [0.4, 0.5) is 0 Å². The zero-order chi connectivity index (χ0) is 14.2. The van der Waals surface area contributed by atoms with E-state index in [0.717, 1.165) is 36.6 Å². The van der Waals surface area contributed by atoms with Crippen LogP contribution in [0.1, 0.15) is 23.9 Å². The third-order valence-electron chi connectivity index (χ3n) is 4.27. The van der Waals surface area contributed by atoms with Crippen molar-refractivity contribution < 1.29 is 0 Å². The summed E-state index contributed by atoms with van der Waals surface area (Å²) in [5.41, 5.74) is 3.94. The summed E-state index contributed by atoms with van der Waals surface area (Å²) in [6.45, 7) is 4.14. The summed E-state index contributed by atoms with van der Waals surface area (Å²) >= 11 is 6.15. The summed E-state index contributed by atoms with van der Waals surface area (Å²) in [4.78, 5) is 0. The van der Waals surface area contributed by atoms with Crippen molar-refractivity contribution >= 4 is 11.6 Å². The van der Waals surface area contributed by atoms with Gasteiger partial charge in [0.1, 0.15) is 0 Å². The molecule has 0 radical (unpaired) electrons. The number of aryl methyl sites for hydroxylation is 2. The minimum Gasteiger partial charge on any atom is -0.315 e. The molecule has 3 nitrogen and oxygen atoms in total. The molecule has 1 saturated heterocycles. The first-order valence-electron chi connectivity index (χ1n) is 7.11. The maximum Gasteiger partial charge on any atom is 0.0624 e. The van der Waals surface area contributed by atoms with Crippen molar-refractivity contribution in [3.63, 3.8) is 0 Å². The smallest absolute Gasteiger partial charge is 0.0624 e. The highest BCUT2D eigenvalue weighted by Gasteiger charge is 2.39. The highest BCUT2D eigenvalue weighted by Crippen LogP contribution is 2.33. The van der Waals surface area contributed by atoms with Crippen LogP contribution in [0, 0.1) is 0 Å². The van der Waals surface area contributed by atoms with Crippen LogP contribution in [0.2, 0.25) is 5.02 Å². The average molecular weight is 290 g/mol. The molecule has 1 N–H and O–H groups in total. The number of benzene rings is 1. The molecule has 2 heterocycles. The molecule has 1 aromatic carbocycles. The molecule has 4 heteroatoms. The van der Waals surface area contributed by atoms with Gasteiger partial charge < -0.3 is 5.32 Å². The van der Waals surface area contributed by atoms with E-state index in [1.54, 1.807) is 0 Å². The molecule has 1 fully saturated rings. The largest absolute Gasteiger partial charge is 0.315 e. The Morgan fingerprint density at radius 3 is 2.70 bits per heavy atom. The Morgan fingerprint density at radius 2 is 2.15 bits per heavy atom. The number of nitrogens with one attached hydrogen (secondary N) is 1. The zero-order valence-corrected chi connectivity index (χ0v) is 12.7. The van der Waals surface area contributed by atoms with E-state index in [4.69, 9.17) is 11.6 Å². The van der Waals surface area contributed by atoms with Crippen LogP contribution >= 0.6 is 11.6 Å². The Bertz CT molecular complexity index is 614. The van der Waals surface area contributed by atoms with Gasteiger partial charge >= 0.3 is 0 Å². The van der Waals surface area contributed by atoms with E-state index < -0.39 is 0 Å². The van der Waals surface area contributed by atoms with Crippen LogP contribution < -0.4 is 5.32 Å². The zero-order valence-electron chi connectivity index (χ0n) is 12.0. The van der Waals surface area contributed by atoms with Crippen LogP contribution in [0.5, 0.6) is 0 Å². The van der Waals surface area contributed by atoms with Crippen LogP contribution in [0.3, 0.4) is 0 Å². The van der Waals surface area contributed by atoms with Gasteiger partial charge in [-0.25, -0.2) is 0 Å². The normalized spacial score (nSPS) is 16.9. The molecule has 0 spiro atoms. The third-order valence-corrected chi connectivity index (χ3v) is 4.51. The summed E-state index contributed by atoms with van der Waals surface area (Å²) in [6, 6.07) is 10.5. The fourth-order valence-corrected chi connectivity index (χ4v) is 3.12. The fourth-order valence-electron chi connectivity index (χ4n) is 2.93. The molecule has 20 heavy (non-hydrogen) atoms. The van der Waals surface area contributed by atoms with Gasteiger partial charge in [-0.15, -0.1) is 0 Å². The van der Waals surface area contributed by atoms with Gasteiger partial charge in [-0.3, -0.25) is 4.68 Å². The molecule has 2 aromatic rings. The molecule has 106 valence electrons. The maximum atomic E-state index is 6.15. The molecule has 0 aliphatic carbocycles. The fraction of sp³-hybridized carbons (Fsp3) is 0.438. The molecule has 1 aliphatic rings. The van der Waals surface area contributed by atoms with E-state index in [0.29, 0.717) is 0 Å². The molecule has 1 aromatic heterocycles. The minimum absolute atomic E-state index is 0.156. The molecule has 0 unspecified atom stereocenters. The van der Waals surface area contributed by atoms with Crippen molar-refractivity contribution in [3.8, 4) is 0 Å². The van der Waals surface area contributed by atoms with Gasteiger partial charge in [-0.05, 0) is 30.2 Å². The quantitative estimate of drug-likeness (QED) is 0.938. The lowest BCUT2D eigenvalue weighted by molar-refractivity contribution is 0.270. The Balaban J connectivity index is 1.91. The van der Waals surface area contributed by atoms with Crippen molar-refractivity contribution in [3.05, 3.63) is 52.3 Å². The van der Waals surface area contributed by atoms with Crippen LogP contribution in [-0.4, -0.2) is 22.9 Å². The Kier molecular flexibility index (Phi) is 3.57. The first-order valence-corrected chi connectivity index (χ1v) is 7.49. The lowest BCUT2D eigenvalue weighted by Gasteiger charge is -2.43. The number of nitrogens with zero attached hydrogens (tertiary/aromatic N) is 2. The van der Waals surface area contributed by atoms with E-state index >= 15 is 0 Å². The minimum atomic E-state index is 0.156. The van der Waals surface area contributed by atoms with Gasteiger partial charge in [0, 0.05) is 42.7 Å². The van der Waals surface area contributed by atoms with Gasteiger partial charge in [0.25, 0.3) is 0 Å². The standard InChI is InChI=1S/C16H20ClN3/c1-3-14-8-15(20(2)19-14)9-16(10-18-11-16)12-5-4-6-13(17)7-12/h4-8,18H,3,9-11H2,1-2H3. The summed E-state index contributed by atoms with van der Waals surface area (Å²) in [5, 5.41) is 8.77. The second-order valence-electron chi connectivity index (χ2n) is 5.68. The van der Waals surface area contributed by atoms with Crippen LogP contribution in [-0.2, 0) is 25.3 Å². The summed E-state index contributed by atoms with van der Waals surface area (Å²) in [5.74, 6) is 0. The average Bonchev–Trinajstić information content (AvgIpc) is 2.74. The van der Waals surface area contributed by atoms with Crippen molar-refractivity contribution in [2.45, 2.75) is 25.2 Å². The van der Waals surface area contributed by atoms with Gasteiger partial charge in [-0.2, -0.15) is 5.10 Å². The summed E-state index contributed by atoms with van der Waals surface area (Å²) in [7, 11) is 2.03. The topological polar surface area (TPSA) is 29.9 Å². The molecule has 0 atom stereocenters. The number of aromatic nitrogens is 2. The summed E-state index contributed by atoms with van der Waals surface area (Å²) < 4.78 is 2.02. The number of hydrogen-bond acceptors (Lipinski definition) is 2. The highest BCUT2D eigenvalue weighted by molar-refractivity contribution is 6.30. The van der Waals surface area contributed by atoms with Crippen molar-refractivity contribution in [2.75, 3.05) is 13.1 Å². The highest BCUT2D eigenvalue weighted by atomic mass is 35.5. The van der Waals surface area contributed by atoms with Crippen LogP contribution in [0.15, 0.2) is 30.3 Å². The second-order valence-corrected chi connectivity index (χ2v) is 6.11. The van der Waals surface area contributed by atoms with Gasteiger partial charge in [0.15, 0.2) is 0 Å². The van der Waals surface area contributed by atoms with Gasteiger partial charge in [0.2, 0.25) is 0 Å². The molecule has 1 aliphatic heterocycles. The molecular weight excluding hydrogens is 270 g/mol. The first kappa shape index (κ1) is 13.7. The Labute approximate surface area is 124 Å². The molecular formula is C16H20ClN3. The third kappa shape index (κ3) is 2.36. The van der Waals surface area contributed by atoms with E-state index in [1.165, 1.54) is 11.3 Å². The van der Waals surface area contributed by atoms with E-state index in [-0.39, 0.29) is 5.41 Å². The molecule has 0 saturated carbocycles. The monoisotopic (exact) mass is 289 g/mol. The lowest BCUT2D eigenvalue weighted by atomic mass is 9.72. The number of hydrogen-bond donors (Lipinski definition) is 1. The lowest BCUT2D eigenvalue weighted by Crippen LogP contribution is -2.58. The van der Waals surface area contributed by atoms with E-state index in [1.807, 2.05) is 23.9 Å². The van der Waals surface area contributed by atoms with Gasteiger partial charge in [0.05, 0.1) is 5.69 Å². The Morgan fingerprint density at radius 1 is 1.35 bits per heavy atom. The van der Waals surface area contributed by atoms with E-state index in [2.05, 4.69) is 35.5 Å². The van der Waals surface area contributed by atoms with Crippen molar-refractivity contribution in [1.29, 1.82) is 0 Å². The second kappa shape index (κ2) is 5.23. The maximum absolute atomic E-state index is 6.15. The Hall–Kier alpha value is -1.32. The summed E-state index contributed by atoms with van der Waals surface area (Å²) in [6.07, 6.45) is 1.99. The van der Waals surface area contributed by atoms with Gasteiger partial charge in [-0.1, -0.05) is 30.7 Å². The predicted octanol–water partition coefficient (Wildman–Crippen LogP) is 2.72. The van der Waals surface area contributed by atoms with Crippen LogP contribution in [0.25, 0.3) is 0 Å². The molecule has 3 rings (SSSR count). The van der Waals surface area contributed by atoms with E-state index in [9.17, 15) is 0 Å². The first-order chi connectivity index (χ1) is 9.63. The van der Waals surface area contributed by atoms with Crippen molar-refractivity contribution in [1.82, 2.24) is 15.1 Å². The van der Waals surface area contributed by atoms with Crippen molar-refractivity contribution in [2.24, 2.45) is 7.05 Å². The molecule has 0 amide bonds. The number of halogens is 1. The SMILES string of the molecule is CCc1cc(CC2(c3cccc(Cl)c3)CNC2)n(C)n1. The predicted molar refractivity (Wildman–Crippen MR) is 82.3 cm³/mol. The number of rotatable bonds is 4.